The van der Waals surface area contributed by atoms with Gasteiger partial charge in [-0.2, -0.15) is 0 Å². The van der Waals surface area contributed by atoms with Crippen LogP contribution in [0.4, 0.5) is 0 Å². The third-order valence-corrected chi connectivity index (χ3v) is 4.34. The molecule has 104 valence electrons. The molecule has 0 heteroatoms. The van der Waals surface area contributed by atoms with E-state index < -0.39 is 0 Å². The summed E-state index contributed by atoms with van der Waals surface area (Å²) < 4.78 is 0. The van der Waals surface area contributed by atoms with E-state index in [1.165, 1.54) is 51.4 Å². The van der Waals surface area contributed by atoms with E-state index in [2.05, 4.69) is 45.1 Å². The number of unbranched alkanes of at least 4 members (excludes halogenated alkanes) is 3. The van der Waals surface area contributed by atoms with Gasteiger partial charge in [0.2, 0.25) is 0 Å². The molecular formula is C18H32. The molecule has 0 bridgehead atoms. The van der Waals surface area contributed by atoms with Gasteiger partial charge in [0.1, 0.15) is 0 Å². The van der Waals surface area contributed by atoms with Gasteiger partial charge in [-0.15, -0.1) is 0 Å². The Bertz CT molecular complexity index is 249. The zero-order chi connectivity index (χ0) is 13.2. The van der Waals surface area contributed by atoms with E-state index in [1.54, 1.807) is 0 Å². The van der Waals surface area contributed by atoms with Crippen LogP contribution in [0.1, 0.15) is 72.1 Å². The van der Waals surface area contributed by atoms with Gasteiger partial charge in [0.05, 0.1) is 0 Å². The average Bonchev–Trinajstić information content (AvgIpc) is 2.71. The zero-order valence-corrected chi connectivity index (χ0v) is 12.7. The summed E-state index contributed by atoms with van der Waals surface area (Å²) in [4.78, 5) is 0. The standard InChI is InChI=1S/C18H32/c1-4-6-8-9-11-12-17-15-14-16(3)18(17)13-10-7-5-2/h9-11,13,16-18H,4-8,12,14-15H2,1-3H3/b11-9-,13-10+/t16-,17+,18+/m1/s1. The number of hydrogen-bond acceptors (Lipinski definition) is 0. The fourth-order valence-corrected chi connectivity index (χ4v) is 3.08. The van der Waals surface area contributed by atoms with Gasteiger partial charge in [-0.3, -0.25) is 0 Å². The maximum absolute atomic E-state index is 2.52. The van der Waals surface area contributed by atoms with Crippen molar-refractivity contribution in [2.75, 3.05) is 0 Å². The van der Waals surface area contributed by atoms with Crippen LogP contribution in [0.3, 0.4) is 0 Å². The van der Waals surface area contributed by atoms with Crippen molar-refractivity contribution in [2.45, 2.75) is 72.1 Å². The van der Waals surface area contributed by atoms with E-state index >= 15 is 0 Å². The van der Waals surface area contributed by atoms with Gasteiger partial charge in [-0.1, -0.05) is 64.3 Å². The Labute approximate surface area is 115 Å². The fourth-order valence-electron chi connectivity index (χ4n) is 3.08. The predicted molar refractivity (Wildman–Crippen MR) is 82.7 cm³/mol. The Balaban J connectivity index is 2.36. The Hall–Kier alpha value is -0.520. The Morgan fingerprint density at radius 3 is 2.50 bits per heavy atom. The second kappa shape index (κ2) is 9.42. The molecule has 0 aliphatic heterocycles. The molecule has 0 aromatic carbocycles. The van der Waals surface area contributed by atoms with Gasteiger partial charge >= 0.3 is 0 Å². The van der Waals surface area contributed by atoms with Crippen molar-refractivity contribution in [2.24, 2.45) is 17.8 Å². The van der Waals surface area contributed by atoms with Gasteiger partial charge in [0, 0.05) is 0 Å². The minimum absolute atomic E-state index is 0.840. The molecule has 0 heterocycles. The first kappa shape index (κ1) is 15.5. The van der Waals surface area contributed by atoms with Crippen molar-refractivity contribution in [3.05, 3.63) is 24.3 Å². The largest absolute Gasteiger partial charge is 0.0885 e. The van der Waals surface area contributed by atoms with Crippen LogP contribution in [-0.4, -0.2) is 0 Å². The SMILES string of the molecule is CCC/C=C/[C@@H]1[C@@H](C/C=C\CCCC)CC[C@H]1C. The van der Waals surface area contributed by atoms with Gasteiger partial charge in [-0.25, -0.2) is 0 Å². The summed E-state index contributed by atoms with van der Waals surface area (Å²) in [6.45, 7) is 6.96. The summed E-state index contributed by atoms with van der Waals surface area (Å²) in [5, 5.41) is 0. The van der Waals surface area contributed by atoms with Gasteiger partial charge < -0.3 is 0 Å². The molecule has 0 amide bonds. The molecule has 1 saturated carbocycles. The monoisotopic (exact) mass is 248 g/mol. The van der Waals surface area contributed by atoms with Crippen LogP contribution < -0.4 is 0 Å². The lowest BCUT2D eigenvalue weighted by molar-refractivity contribution is 0.402. The van der Waals surface area contributed by atoms with E-state index in [0.29, 0.717) is 0 Å². The number of hydrogen-bond donors (Lipinski definition) is 0. The van der Waals surface area contributed by atoms with Gasteiger partial charge in [-0.05, 0) is 49.9 Å². The fraction of sp³-hybridized carbons (Fsp3) is 0.778. The molecule has 18 heavy (non-hydrogen) atoms. The van der Waals surface area contributed by atoms with Crippen LogP contribution in [0.25, 0.3) is 0 Å². The van der Waals surface area contributed by atoms with Crippen LogP contribution in [0.5, 0.6) is 0 Å². The molecule has 0 spiro atoms. The van der Waals surface area contributed by atoms with Crippen LogP contribution >= 0.6 is 0 Å². The maximum Gasteiger partial charge on any atom is -0.0176 e. The quantitative estimate of drug-likeness (QED) is 0.357. The normalized spacial score (nSPS) is 28.7. The first-order valence-corrected chi connectivity index (χ1v) is 8.11. The van der Waals surface area contributed by atoms with Crippen LogP contribution in [0.2, 0.25) is 0 Å². The molecular weight excluding hydrogens is 216 g/mol. The zero-order valence-electron chi connectivity index (χ0n) is 12.7. The highest BCUT2D eigenvalue weighted by atomic mass is 14.3. The third-order valence-electron chi connectivity index (χ3n) is 4.34. The van der Waals surface area contributed by atoms with E-state index in [0.717, 1.165) is 17.8 Å². The minimum Gasteiger partial charge on any atom is -0.0885 e. The maximum atomic E-state index is 2.52. The van der Waals surface area contributed by atoms with E-state index in [9.17, 15) is 0 Å². The topological polar surface area (TPSA) is 0 Å². The predicted octanol–water partition coefficient (Wildman–Crippen LogP) is 6.14. The lowest BCUT2D eigenvalue weighted by Gasteiger charge is -2.18. The smallest absolute Gasteiger partial charge is 0.0176 e. The molecule has 0 N–H and O–H groups in total. The molecule has 1 fully saturated rings. The summed E-state index contributed by atoms with van der Waals surface area (Å²) >= 11 is 0. The first-order chi connectivity index (χ1) is 8.79. The average molecular weight is 248 g/mol. The summed E-state index contributed by atoms with van der Waals surface area (Å²) in [7, 11) is 0. The van der Waals surface area contributed by atoms with Crippen molar-refractivity contribution in [1.82, 2.24) is 0 Å². The Morgan fingerprint density at radius 2 is 1.78 bits per heavy atom. The molecule has 3 atom stereocenters. The second-order valence-corrected chi connectivity index (χ2v) is 5.96. The summed E-state index contributed by atoms with van der Waals surface area (Å²) in [5.74, 6) is 2.64. The van der Waals surface area contributed by atoms with Crippen molar-refractivity contribution in [3.63, 3.8) is 0 Å². The summed E-state index contributed by atoms with van der Waals surface area (Å²) in [5.41, 5.74) is 0. The van der Waals surface area contributed by atoms with Gasteiger partial charge in [0.15, 0.2) is 0 Å². The van der Waals surface area contributed by atoms with Crippen LogP contribution in [0, 0.1) is 17.8 Å². The van der Waals surface area contributed by atoms with Crippen molar-refractivity contribution >= 4 is 0 Å². The van der Waals surface area contributed by atoms with E-state index in [1.807, 2.05) is 0 Å². The summed E-state index contributed by atoms with van der Waals surface area (Å²) in [6.07, 6.45) is 20.4. The number of rotatable bonds is 8. The van der Waals surface area contributed by atoms with E-state index in [4.69, 9.17) is 0 Å². The molecule has 0 aromatic heterocycles. The highest BCUT2D eigenvalue weighted by Crippen LogP contribution is 2.40. The molecule has 0 nitrogen and oxygen atoms in total. The molecule has 1 aliphatic rings. The highest BCUT2D eigenvalue weighted by molar-refractivity contribution is 5.00. The molecule has 0 radical (unpaired) electrons. The van der Waals surface area contributed by atoms with Crippen molar-refractivity contribution in [3.8, 4) is 0 Å². The van der Waals surface area contributed by atoms with Crippen molar-refractivity contribution in [1.29, 1.82) is 0 Å². The highest BCUT2D eigenvalue weighted by Gasteiger charge is 2.30. The molecule has 1 rings (SSSR count). The van der Waals surface area contributed by atoms with Crippen LogP contribution in [0.15, 0.2) is 24.3 Å². The molecule has 0 aromatic rings. The lowest BCUT2D eigenvalue weighted by Crippen LogP contribution is -2.09. The minimum atomic E-state index is 0.840. The number of allylic oxidation sites excluding steroid dienone is 4. The molecule has 0 unspecified atom stereocenters. The summed E-state index contributed by atoms with van der Waals surface area (Å²) in [6, 6.07) is 0. The van der Waals surface area contributed by atoms with E-state index in [-0.39, 0.29) is 0 Å². The molecule has 1 aliphatic carbocycles. The second-order valence-electron chi connectivity index (χ2n) is 5.96. The Morgan fingerprint density at radius 1 is 0.944 bits per heavy atom. The van der Waals surface area contributed by atoms with Crippen molar-refractivity contribution < 1.29 is 0 Å². The van der Waals surface area contributed by atoms with Gasteiger partial charge in [0.25, 0.3) is 0 Å². The molecule has 0 saturated heterocycles. The van der Waals surface area contributed by atoms with Crippen LogP contribution in [-0.2, 0) is 0 Å². The Kier molecular flexibility index (Phi) is 8.13. The first-order valence-electron chi connectivity index (χ1n) is 8.11. The lowest BCUT2D eigenvalue weighted by atomic mass is 9.87. The third kappa shape index (κ3) is 5.42.